The zero-order chi connectivity index (χ0) is 16.7. The number of rotatable bonds is 2. The van der Waals surface area contributed by atoms with Crippen molar-refractivity contribution in [1.82, 2.24) is 4.98 Å². The van der Waals surface area contributed by atoms with Crippen molar-refractivity contribution >= 4 is 22.5 Å². The quantitative estimate of drug-likeness (QED) is 0.697. The fourth-order valence-electron chi connectivity index (χ4n) is 3.66. The summed E-state index contributed by atoms with van der Waals surface area (Å²) in [5.41, 5.74) is 6.57. The number of nitrogens with one attached hydrogen (secondary N) is 2. The number of aromatic nitrogens is 1. The molecule has 1 aromatic heterocycles. The van der Waals surface area contributed by atoms with Crippen LogP contribution in [0.15, 0.2) is 42.5 Å². The molecule has 24 heavy (non-hydrogen) atoms. The van der Waals surface area contributed by atoms with E-state index < -0.39 is 0 Å². The minimum atomic E-state index is -0.0543. The Morgan fingerprint density at radius 1 is 1.21 bits per heavy atom. The summed E-state index contributed by atoms with van der Waals surface area (Å²) in [5, 5.41) is 4.20. The molecule has 2 N–H and O–H groups in total. The average Bonchev–Trinajstić information content (AvgIpc) is 2.92. The van der Waals surface area contributed by atoms with Gasteiger partial charge < -0.3 is 10.3 Å². The van der Waals surface area contributed by atoms with Crippen molar-refractivity contribution < 1.29 is 4.79 Å². The Morgan fingerprint density at radius 3 is 2.92 bits per heavy atom. The molecule has 0 spiro atoms. The predicted octanol–water partition coefficient (Wildman–Crippen LogP) is 4.85. The van der Waals surface area contributed by atoms with E-state index in [0.717, 1.165) is 29.6 Å². The number of hydrogen-bond acceptors (Lipinski definition) is 1. The van der Waals surface area contributed by atoms with Crippen LogP contribution in [-0.2, 0) is 12.8 Å². The number of carbonyl (C=O) groups excluding carboxylic acids is 1. The highest BCUT2D eigenvalue weighted by Crippen LogP contribution is 2.32. The summed E-state index contributed by atoms with van der Waals surface area (Å²) in [5.74, 6) is 0.655. The van der Waals surface area contributed by atoms with Gasteiger partial charge in [-0.3, -0.25) is 4.79 Å². The minimum Gasteiger partial charge on any atom is -0.358 e. The number of H-pyrrole nitrogens is 1. The maximum absolute atomic E-state index is 12.6. The molecule has 0 fully saturated rings. The van der Waals surface area contributed by atoms with Gasteiger partial charge in [-0.15, -0.1) is 0 Å². The summed E-state index contributed by atoms with van der Waals surface area (Å²) >= 11 is 0. The summed E-state index contributed by atoms with van der Waals surface area (Å²) in [6.45, 7) is 4.32. The van der Waals surface area contributed by atoms with Crippen LogP contribution in [0.25, 0.3) is 10.9 Å². The van der Waals surface area contributed by atoms with Gasteiger partial charge in [0.05, 0.1) is 0 Å². The van der Waals surface area contributed by atoms with Crippen LogP contribution in [0.1, 0.15) is 40.5 Å². The zero-order valence-electron chi connectivity index (χ0n) is 14.1. The Balaban J connectivity index is 1.67. The van der Waals surface area contributed by atoms with Crippen molar-refractivity contribution in [3.63, 3.8) is 0 Å². The lowest BCUT2D eigenvalue weighted by Crippen LogP contribution is -2.12. The van der Waals surface area contributed by atoms with Crippen LogP contribution < -0.4 is 5.32 Å². The predicted molar refractivity (Wildman–Crippen MR) is 98.6 cm³/mol. The molecule has 3 heteroatoms. The first kappa shape index (κ1) is 15.0. The van der Waals surface area contributed by atoms with Gasteiger partial charge in [-0.25, -0.2) is 0 Å². The highest BCUT2D eigenvalue weighted by atomic mass is 16.1. The second-order valence-corrected chi connectivity index (χ2v) is 7.01. The second kappa shape index (κ2) is 5.82. The van der Waals surface area contributed by atoms with Crippen LogP contribution in [0.4, 0.5) is 5.69 Å². The highest BCUT2D eigenvalue weighted by Gasteiger charge is 2.20. The SMILES string of the molecule is Cc1cccc(NC(=O)c2ccc3[nH]c4c(c3c2)C[C@H](C)CC4)c1. The fourth-order valence-corrected chi connectivity index (χ4v) is 3.66. The van der Waals surface area contributed by atoms with Crippen molar-refractivity contribution in [2.24, 2.45) is 5.92 Å². The summed E-state index contributed by atoms with van der Waals surface area (Å²) in [6.07, 6.45) is 3.44. The average molecular weight is 318 g/mol. The van der Waals surface area contributed by atoms with Gasteiger partial charge in [-0.05, 0) is 73.6 Å². The summed E-state index contributed by atoms with van der Waals surface area (Å²) < 4.78 is 0. The molecule has 1 aliphatic rings. The summed E-state index contributed by atoms with van der Waals surface area (Å²) in [7, 11) is 0. The van der Waals surface area contributed by atoms with Crippen LogP contribution in [0.3, 0.4) is 0 Å². The van der Waals surface area contributed by atoms with E-state index in [1.54, 1.807) is 0 Å². The molecule has 3 nitrogen and oxygen atoms in total. The first-order chi connectivity index (χ1) is 11.6. The number of fused-ring (bicyclic) bond motifs is 3. The van der Waals surface area contributed by atoms with Crippen molar-refractivity contribution in [3.05, 3.63) is 64.8 Å². The van der Waals surface area contributed by atoms with Gasteiger partial charge in [0, 0.05) is 27.8 Å². The van der Waals surface area contributed by atoms with Gasteiger partial charge in [0.15, 0.2) is 0 Å². The van der Waals surface area contributed by atoms with Crippen LogP contribution in [-0.4, -0.2) is 10.9 Å². The van der Waals surface area contributed by atoms with Gasteiger partial charge in [-0.1, -0.05) is 19.1 Å². The van der Waals surface area contributed by atoms with Gasteiger partial charge >= 0.3 is 0 Å². The van der Waals surface area contributed by atoms with Crippen LogP contribution in [0.5, 0.6) is 0 Å². The van der Waals surface area contributed by atoms with Gasteiger partial charge in [-0.2, -0.15) is 0 Å². The number of hydrogen-bond donors (Lipinski definition) is 2. The molecule has 0 saturated carbocycles. The first-order valence-electron chi connectivity index (χ1n) is 8.61. The lowest BCUT2D eigenvalue weighted by atomic mass is 9.87. The monoisotopic (exact) mass is 318 g/mol. The molecule has 0 radical (unpaired) electrons. The largest absolute Gasteiger partial charge is 0.358 e. The third kappa shape index (κ3) is 2.71. The molecule has 2 aromatic carbocycles. The number of carbonyl (C=O) groups is 1. The Morgan fingerprint density at radius 2 is 2.08 bits per heavy atom. The fraction of sp³-hybridized carbons (Fsp3) is 0.286. The Hall–Kier alpha value is -2.55. The zero-order valence-corrected chi connectivity index (χ0v) is 14.1. The molecule has 3 aromatic rings. The van der Waals surface area contributed by atoms with Crippen molar-refractivity contribution in [2.75, 3.05) is 5.32 Å². The van der Waals surface area contributed by atoms with Crippen molar-refractivity contribution in [2.45, 2.75) is 33.1 Å². The molecule has 1 amide bonds. The maximum atomic E-state index is 12.6. The van der Waals surface area contributed by atoms with E-state index in [1.165, 1.54) is 23.1 Å². The number of aromatic amines is 1. The molecule has 1 heterocycles. The first-order valence-corrected chi connectivity index (χ1v) is 8.61. The maximum Gasteiger partial charge on any atom is 0.255 e. The molecule has 0 saturated heterocycles. The Labute approximate surface area is 142 Å². The number of benzene rings is 2. The van der Waals surface area contributed by atoms with E-state index in [0.29, 0.717) is 11.5 Å². The number of anilines is 1. The lowest BCUT2D eigenvalue weighted by molar-refractivity contribution is 0.102. The van der Waals surface area contributed by atoms with E-state index in [4.69, 9.17) is 0 Å². The third-order valence-corrected chi connectivity index (χ3v) is 4.97. The minimum absolute atomic E-state index is 0.0543. The Bertz CT molecular complexity index is 923. The molecule has 1 aliphatic carbocycles. The molecular weight excluding hydrogens is 296 g/mol. The van der Waals surface area contributed by atoms with Crippen molar-refractivity contribution in [1.29, 1.82) is 0 Å². The summed E-state index contributed by atoms with van der Waals surface area (Å²) in [4.78, 5) is 16.1. The molecule has 1 atom stereocenters. The lowest BCUT2D eigenvalue weighted by Gasteiger charge is -2.18. The Kier molecular flexibility index (Phi) is 3.64. The van der Waals surface area contributed by atoms with E-state index >= 15 is 0 Å². The van der Waals surface area contributed by atoms with Crippen LogP contribution >= 0.6 is 0 Å². The van der Waals surface area contributed by atoms with E-state index in [-0.39, 0.29) is 5.91 Å². The van der Waals surface area contributed by atoms with Crippen molar-refractivity contribution in [3.8, 4) is 0 Å². The van der Waals surface area contributed by atoms with E-state index in [1.807, 2.05) is 49.4 Å². The van der Waals surface area contributed by atoms with Gasteiger partial charge in [0.25, 0.3) is 5.91 Å². The van der Waals surface area contributed by atoms with Gasteiger partial charge in [0.2, 0.25) is 0 Å². The third-order valence-electron chi connectivity index (χ3n) is 4.97. The molecule has 0 bridgehead atoms. The molecule has 122 valence electrons. The molecular formula is C21H22N2O. The van der Waals surface area contributed by atoms with E-state index in [9.17, 15) is 4.79 Å². The molecule has 4 rings (SSSR count). The van der Waals surface area contributed by atoms with Crippen LogP contribution in [0, 0.1) is 12.8 Å². The topological polar surface area (TPSA) is 44.9 Å². The molecule has 0 aliphatic heterocycles. The number of amides is 1. The normalized spacial score (nSPS) is 16.8. The van der Waals surface area contributed by atoms with Gasteiger partial charge in [0.1, 0.15) is 0 Å². The second-order valence-electron chi connectivity index (χ2n) is 7.01. The summed E-state index contributed by atoms with van der Waals surface area (Å²) in [6, 6.07) is 13.8. The number of aryl methyl sites for hydroxylation is 2. The smallest absolute Gasteiger partial charge is 0.255 e. The molecule has 0 unspecified atom stereocenters. The van der Waals surface area contributed by atoms with Crippen LogP contribution in [0.2, 0.25) is 0 Å². The van der Waals surface area contributed by atoms with E-state index in [2.05, 4.69) is 17.2 Å². The standard InChI is InChI=1S/C21H22N2O/c1-13-4-3-5-16(10-13)22-21(24)15-7-9-20-18(12-15)17-11-14(2)6-8-19(17)23-20/h3-5,7,9-10,12,14,23H,6,8,11H2,1-2H3,(H,22,24)/t14-/m1/s1. The highest BCUT2D eigenvalue weighted by molar-refractivity contribution is 6.06.